The van der Waals surface area contributed by atoms with Gasteiger partial charge in [0.1, 0.15) is 0 Å². The fraction of sp³-hybridized carbons (Fsp3) is 0.550. The Morgan fingerprint density at radius 2 is 1.75 bits per heavy atom. The molecule has 8 heteroatoms. The molecule has 148 valence electrons. The number of nitrogens with one attached hydrogen (secondary N) is 1. The highest BCUT2D eigenvalue weighted by Gasteiger charge is 2.48. The normalized spacial score (nSPS) is 30.5. The third-order valence-corrected chi connectivity index (χ3v) is 8.13. The molecule has 6 nitrogen and oxygen atoms in total. The number of carbonyl (C=O) groups excluding carboxylic acids is 1. The van der Waals surface area contributed by atoms with Gasteiger partial charge in [-0.15, -0.1) is 10.2 Å². The molecule has 28 heavy (non-hydrogen) atoms. The van der Waals surface area contributed by atoms with Crippen LogP contribution in [0, 0.1) is 23.7 Å². The summed E-state index contributed by atoms with van der Waals surface area (Å²) in [7, 11) is 0. The van der Waals surface area contributed by atoms with E-state index in [2.05, 4.69) is 31.4 Å². The fourth-order valence-electron chi connectivity index (χ4n) is 5.69. The van der Waals surface area contributed by atoms with Crippen molar-refractivity contribution in [2.45, 2.75) is 43.3 Å². The summed E-state index contributed by atoms with van der Waals surface area (Å²) in [5.74, 6) is 10.4. The van der Waals surface area contributed by atoms with Gasteiger partial charge in [-0.2, -0.15) is 0 Å². The fourth-order valence-corrected chi connectivity index (χ4v) is 6.62. The Morgan fingerprint density at radius 3 is 2.39 bits per heavy atom. The number of halogens is 1. The van der Waals surface area contributed by atoms with E-state index in [-0.39, 0.29) is 5.91 Å². The number of nitrogens with two attached hydrogens (primary N) is 1. The smallest absolute Gasteiger partial charge is 0.230 e. The molecule has 0 unspecified atom stereocenters. The molecule has 4 bridgehead atoms. The molecular weight excluding hydrogens is 438 g/mol. The number of carbonyl (C=O) groups is 1. The predicted molar refractivity (Wildman–Crippen MR) is 113 cm³/mol. The molecule has 1 amide bonds. The molecule has 4 saturated carbocycles. The number of nitrogen functional groups attached to an aromatic ring is 1. The van der Waals surface area contributed by atoms with Gasteiger partial charge < -0.3 is 11.2 Å². The van der Waals surface area contributed by atoms with Crippen molar-refractivity contribution < 1.29 is 4.79 Å². The topological polar surface area (TPSA) is 85.8 Å². The average molecular weight is 462 g/mol. The van der Waals surface area contributed by atoms with E-state index in [1.165, 1.54) is 48.5 Å². The predicted octanol–water partition coefficient (Wildman–Crippen LogP) is 3.45. The Hall–Kier alpha value is -1.54. The second kappa shape index (κ2) is 7.37. The van der Waals surface area contributed by atoms with Crippen LogP contribution in [0.2, 0.25) is 0 Å². The summed E-state index contributed by atoms with van der Waals surface area (Å²) >= 11 is 4.77. The second-order valence-corrected chi connectivity index (χ2v) is 10.4. The summed E-state index contributed by atoms with van der Waals surface area (Å²) in [6, 6.07) is 8.12. The lowest BCUT2D eigenvalue weighted by molar-refractivity contribution is -0.122. The van der Waals surface area contributed by atoms with Gasteiger partial charge in [0.15, 0.2) is 5.82 Å². The van der Waals surface area contributed by atoms with Crippen LogP contribution in [0.4, 0.5) is 0 Å². The van der Waals surface area contributed by atoms with E-state index < -0.39 is 0 Å². The molecule has 0 aliphatic heterocycles. The van der Waals surface area contributed by atoms with Crippen molar-refractivity contribution in [2.75, 3.05) is 11.6 Å². The Kier molecular flexibility index (Phi) is 4.87. The first-order valence-electron chi connectivity index (χ1n) is 9.95. The number of hydrogen-bond donors (Lipinski definition) is 2. The highest BCUT2D eigenvalue weighted by atomic mass is 79.9. The Morgan fingerprint density at radius 1 is 1.11 bits per heavy atom. The zero-order valence-corrected chi connectivity index (χ0v) is 18.0. The Labute approximate surface area is 177 Å². The first-order valence-corrected chi connectivity index (χ1v) is 11.7. The Balaban J connectivity index is 1.20. The van der Waals surface area contributed by atoms with Gasteiger partial charge in [0.25, 0.3) is 0 Å². The molecule has 1 heterocycles. The lowest BCUT2D eigenvalue weighted by atomic mass is 9.54. The zero-order chi connectivity index (χ0) is 19.3. The van der Waals surface area contributed by atoms with Gasteiger partial charge in [-0.3, -0.25) is 4.79 Å². The molecule has 4 aliphatic carbocycles. The standard InChI is InChI=1S/C20H24BrN5OS/c21-16-3-1-13(2-4-16)19-24-25-20(26(19)22)28-10-17(27)23-18-14-6-11-5-12(8-14)9-15(18)7-11/h1-4,11-12,14-15,18H,5-10,22H2,(H,23,27). The van der Waals surface area contributed by atoms with E-state index in [9.17, 15) is 4.79 Å². The van der Waals surface area contributed by atoms with Gasteiger partial charge in [0.2, 0.25) is 11.1 Å². The maximum absolute atomic E-state index is 12.6. The van der Waals surface area contributed by atoms with Crippen LogP contribution in [-0.4, -0.2) is 32.6 Å². The monoisotopic (exact) mass is 461 g/mol. The second-order valence-electron chi connectivity index (χ2n) is 8.50. The van der Waals surface area contributed by atoms with Crippen LogP contribution >= 0.6 is 27.7 Å². The number of rotatable bonds is 5. The van der Waals surface area contributed by atoms with Crippen LogP contribution in [0.1, 0.15) is 32.1 Å². The lowest BCUT2D eigenvalue weighted by Gasteiger charge is -2.54. The highest BCUT2D eigenvalue weighted by molar-refractivity contribution is 9.10. The van der Waals surface area contributed by atoms with E-state index >= 15 is 0 Å². The van der Waals surface area contributed by atoms with Crippen LogP contribution in [-0.2, 0) is 4.79 Å². The number of nitrogens with zero attached hydrogens (tertiary/aromatic N) is 3. The molecule has 0 spiro atoms. The van der Waals surface area contributed by atoms with E-state index in [0.717, 1.165) is 21.9 Å². The van der Waals surface area contributed by atoms with Gasteiger partial charge in [0, 0.05) is 16.1 Å². The molecule has 4 fully saturated rings. The van der Waals surface area contributed by atoms with Crippen molar-refractivity contribution in [1.29, 1.82) is 0 Å². The first-order chi connectivity index (χ1) is 13.6. The summed E-state index contributed by atoms with van der Waals surface area (Å²) in [6.07, 6.45) is 6.64. The minimum absolute atomic E-state index is 0.0793. The molecular formula is C20H24BrN5OS. The molecule has 4 aliphatic rings. The van der Waals surface area contributed by atoms with Crippen molar-refractivity contribution in [3.05, 3.63) is 28.7 Å². The molecule has 0 radical (unpaired) electrons. The first kappa shape index (κ1) is 18.5. The molecule has 6 rings (SSSR count). The molecule has 0 saturated heterocycles. The molecule has 3 N–H and O–H groups in total. The third kappa shape index (κ3) is 3.45. The van der Waals surface area contributed by atoms with E-state index in [1.807, 2.05) is 24.3 Å². The molecule has 1 aromatic heterocycles. The largest absolute Gasteiger partial charge is 0.352 e. The van der Waals surface area contributed by atoms with Crippen molar-refractivity contribution in [2.24, 2.45) is 23.7 Å². The molecule has 2 aromatic rings. The third-order valence-electron chi connectivity index (χ3n) is 6.65. The number of thioether (sulfide) groups is 1. The van der Waals surface area contributed by atoms with Gasteiger partial charge in [-0.1, -0.05) is 39.8 Å². The minimum atomic E-state index is 0.0793. The molecule has 1 aromatic carbocycles. The van der Waals surface area contributed by atoms with Crippen molar-refractivity contribution >= 4 is 33.6 Å². The van der Waals surface area contributed by atoms with Crippen molar-refractivity contribution in [1.82, 2.24) is 20.2 Å². The van der Waals surface area contributed by atoms with Gasteiger partial charge in [-0.25, -0.2) is 4.68 Å². The summed E-state index contributed by atoms with van der Waals surface area (Å²) in [4.78, 5) is 12.6. The van der Waals surface area contributed by atoms with E-state index in [4.69, 9.17) is 5.84 Å². The van der Waals surface area contributed by atoms with Crippen LogP contribution < -0.4 is 11.2 Å². The SMILES string of the molecule is Nn1c(SCC(=O)NC2C3CC4CC(C3)CC2C4)nnc1-c1ccc(Br)cc1. The summed E-state index contributed by atoms with van der Waals surface area (Å²) in [6.45, 7) is 0. The van der Waals surface area contributed by atoms with Crippen LogP contribution in [0.25, 0.3) is 11.4 Å². The van der Waals surface area contributed by atoms with Gasteiger partial charge in [-0.05, 0) is 67.9 Å². The lowest BCUT2D eigenvalue weighted by Crippen LogP contribution is -2.56. The van der Waals surface area contributed by atoms with Gasteiger partial charge in [0.05, 0.1) is 5.75 Å². The quantitative estimate of drug-likeness (QED) is 0.525. The number of hydrogen-bond acceptors (Lipinski definition) is 5. The number of amides is 1. The number of benzene rings is 1. The van der Waals surface area contributed by atoms with E-state index in [0.29, 0.717) is 34.6 Å². The van der Waals surface area contributed by atoms with Crippen molar-refractivity contribution in [3.8, 4) is 11.4 Å². The summed E-state index contributed by atoms with van der Waals surface area (Å²) < 4.78 is 2.46. The highest BCUT2D eigenvalue weighted by Crippen LogP contribution is 2.53. The zero-order valence-electron chi connectivity index (χ0n) is 15.6. The molecule has 0 atom stereocenters. The average Bonchev–Trinajstić information content (AvgIpc) is 3.04. The van der Waals surface area contributed by atoms with E-state index in [1.54, 1.807) is 0 Å². The Bertz CT molecular complexity index is 855. The maximum atomic E-state index is 12.6. The van der Waals surface area contributed by atoms with Crippen LogP contribution in [0.3, 0.4) is 0 Å². The summed E-state index contributed by atoms with van der Waals surface area (Å²) in [5, 5.41) is 12.2. The van der Waals surface area contributed by atoms with Crippen molar-refractivity contribution in [3.63, 3.8) is 0 Å². The number of aromatic nitrogens is 3. The van der Waals surface area contributed by atoms with Gasteiger partial charge >= 0.3 is 0 Å². The minimum Gasteiger partial charge on any atom is -0.352 e. The van der Waals surface area contributed by atoms with Crippen LogP contribution in [0.5, 0.6) is 0 Å². The maximum Gasteiger partial charge on any atom is 0.230 e. The van der Waals surface area contributed by atoms with Crippen LogP contribution in [0.15, 0.2) is 33.9 Å². The summed E-state index contributed by atoms with van der Waals surface area (Å²) in [5.41, 5.74) is 0.892.